The minimum absolute atomic E-state index is 0.759. The largest absolute Gasteiger partial charge is 0.480 e. The number of aryl methyl sites for hydroxylation is 1. The van der Waals surface area contributed by atoms with Crippen molar-refractivity contribution in [1.82, 2.24) is 4.90 Å². The van der Waals surface area contributed by atoms with Gasteiger partial charge in [0, 0.05) is 0 Å². The highest BCUT2D eigenvalue weighted by Gasteiger charge is 2.42. The molecule has 1 aromatic carbocycles. The minimum Gasteiger partial charge on any atom is -0.480 e. The van der Waals surface area contributed by atoms with E-state index in [9.17, 15) is 9.90 Å². The van der Waals surface area contributed by atoms with Crippen LogP contribution in [0.2, 0.25) is 0 Å². The fourth-order valence-corrected chi connectivity index (χ4v) is 2.55. The number of carboxylic acid groups (broad SMARTS) is 1. The third-order valence-electron chi connectivity index (χ3n) is 3.74. The molecule has 3 heteroatoms. The van der Waals surface area contributed by atoms with E-state index in [2.05, 4.69) is 4.90 Å². The molecule has 0 aliphatic carbocycles. The Labute approximate surface area is 102 Å². The van der Waals surface area contributed by atoms with Crippen molar-refractivity contribution >= 4 is 5.97 Å². The van der Waals surface area contributed by atoms with Crippen molar-refractivity contribution in [2.45, 2.75) is 32.2 Å². The molecule has 0 amide bonds. The van der Waals surface area contributed by atoms with E-state index < -0.39 is 11.5 Å². The van der Waals surface area contributed by atoms with Gasteiger partial charge in [-0.1, -0.05) is 29.8 Å². The second kappa shape index (κ2) is 4.49. The van der Waals surface area contributed by atoms with Crippen LogP contribution < -0.4 is 0 Å². The van der Waals surface area contributed by atoms with Crippen molar-refractivity contribution in [2.24, 2.45) is 0 Å². The molecule has 0 aromatic heterocycles. The van der Waals surface area contributed by atoms with E-state index in [0.29, 0.717) is 0 Å². The maximum absolute atomic E-state index is 11.7. The standard InChI is InChI=1S/C14H19NO2/c1-11-6-5-7-12(10-11)14(2,13(16)17)15-8-3-4-9-15/h5-7,10H,3-4,8-9H2,1-2H3,(H,16,17). The van der Waals surface area contributed by atoms with Crippen LogP contribution in [0, 0.1) is 6.92 Å². The number of aliphatic carboxylic acids is 1. The Morgan fingerprint density at radius 3 is 2.53 bits per heavy atom. The topological polar surface area (TPSA) is 40.5 Å². The van der Waals surface area contributed by atoms with Crippen LogP contribution in [0.5, 0.6) is 0 Å². The predicted molar refractivity (Wildman–Crippen MR) is 67.0 cm³/mol. The lowest BCUT2D eigenvalue weighted by atomic mass is 9.89. The van der Waals surface area contributed by atoms with Crippen LogP contribution in [0.4, 0.5) is 0 Å². The third-order valence-corrected chi connectivity index (χ3v) is 3.74. The Kier molecular flexibility index (Phi) is 3.20. The van der Waals surface area contributed by atoms with Crippen LogP contribution in [0.25, 0.3) is 0 Å². The number of rotatable bonds is 3. The van der Waals surface area contributed by atoms with E-state index >= 15 is 0 Å². The van der Waals surface area contributed by atoms with E-state index in [-0.39, 0.29) is 0 Å². The van der Waals surface area contributed by atoms with Crippen LogP contribution in [0.1, 0.15) is 30.9 Å². The maximum Gasteiger partial charge on any atom is 0.328 e. The van der Waals surface area contributed by atoms with Crippen LogP contribution in [0.3, 0.4) is 0 Å². The van der Waals surface area contributed by atoms with Crippen molar-refractivity contribution in [3.63, 3.8) is 0 Å². The van der Waals surface area contributed by atoms with Crippen molar-refractivity contribution in [3.8, 4) is 0 Å². The van der Waals surface area contributed by atoms with Crippen molar-refractivity contribution in [1.29, 1.82) is 0 Å². The summed E-state index contributed by atoms with van der Waals surface area (Å²) in [6.45, 7) is 5.55. The second-order valence-corrected chi connectivity index (χ2v) is 4.94. The van der Waals surface area contributed by atoms with E-state index in [1.54, 1.807) is 0 Å². The molecule has 1 unspecified atom stereocenters. The zero-order valence-corrected chi connectivity index (χ0v) is 10.4. The highest BCUT2D eigenvalue weighted by atomic mass is 16.4. The van der Waals surface area contributed by atoms with Gasteiger partial charge >= 0.3 is 5.97 Å². The highest BCUT2D eigenvalue weighted by Crippen LogP contribution is 2.32. The molecule has 1 saturated heterocycles. The van der Waals surface area contributed by atoms with Gasteiger partial charge in [-0.2, -0.15) is 0 Å². The van der Waals surface area contributed by atoms with Gasteiger partial charge in [0.05, 0.1) is 0 Å². The molecule has 0 radical (unpaired) electrons. The number of likely N-dealkylation sites (tertiary alicyclic amines) is 1. The zero-order chi connectivity index (χ0) is 12.5. The minimum atomic E-state index is -0.886. The summed E-state index contributed by atoms with van der Waals surface area (Å²) in [6.07, 6.45) is 2.18. The smallest absolute Gasteiger partial charge is 0.328 e. The Morgan fingerprint density at radius 2 is 2.00 bits per heavy atom. The zero-order valence-electron chi connectivity index (χ0n) is 10.4. The molecule has 3 nitrogen and oxygen atoms in total. The lowest BCUT2D eigenvalue weighted by Gasteiger charge is -2.35. The molecule has 1 heterocycles. The average Bonchev–Trinajstić information content (AvgIpc) is 2.81. The summed E-state index contributed by atoms with van der Waals surface area (Å²) in [6, 6.07) is 7.82. The first-order valence-electron chi connectivity index (χ1n) is 6.11. The SMILES string of the molecule is Cc1cccc(C(C)(C(=O)O)N2CCCC2)c1. The summed E-state index contributed by atoms with van der Waals surface area (Å²) in [5, 5.41) is 9.60. The maximum atomic E-state index is 11.7. The Morgan fingerprint density at radius 1 is 1.35 bits per heavy atom. The van der Waals surface area contributed by atoms with Gasteiger partial charge in [-0.3, -0.25) is 4.90 Å². The Balaban J connectivity index is 2.43. The first-order valence-corrected chi connectivity index (χ1v) is 6.11. The first kappa shape index (κ1) is 12.1. The van der Waals surface area contributed by atoms with Gasteiger partial charge < -0.3 is 5.11 Å². The van der Waals surface area contributed by atoms with Gasteiger partial charge in [0.2, 0.25) is 0 Å². The van der Waals surface area contributed by atoms with E-state index in [0.717, 1.165) is 37.1 Å². The molecule has 92 valence electrons. The van der Waals surface area contributed by atoms with Gasteiger partial charge in [-0.25, -0.2) is 4.79 Å². The molecule has 0 saturated carbocycles. The van der Waals surface area contributed by atoms with Gasteiger partial charge in [-0.05, 0) is 45.3 Å². The van der Waals surface area contributed by atoms with Gasteiger partial charge in [0.25, 0.3) is 0 Å². The predicted octanol–water partition coefficient (Wildman–Crippen LogP) is 2.39. The summed E-state index contributed by atoms with van der Waals surface area (Å²) >= 11 is 0. The Hall–Kier alpha value is -1.35. The van der Waals surface area contributed by atoms with Crippen LogP contribution in [-0.4, -0.2) is 29.1 Å². The normalized spacial score (nSPS) is 20.1. The van der Waals surface area contributed by atoms with Crippen LogP contribution >= 0.6 is 0 Å². The fraction of sp³-hybridized carbons (Fsp3) is 0.500. The van der Waals surface area contributed by atoms with Gasteiger partial charge in [0.1, 0.15) is 5.54 Å². The van der Waals surface area contributed by atoms with E-state index in [1.165, 1.54) is 0 Å². The number of carboxylic acids is 1. The van der Waals surface area contributed by atoms with Crippen LogP contribution in [-0.2, 0) is 10.3 Å². The lowest BCUT2D eigenvalue weighted by molar-refractivity contribution is -0.150. The molecule has 2 rings (SSSR count). The lowest BCUT2D eigenvalue weighted by Crippen LogP contribution is -2.48. The number of carbonyl (C=O) groups is 1. The molecule has 0 spiro atoms. The summed E-state index contributed by atoms with van der Waals surface area (Å²) in [5.41, 5.74) is 1.10. The Bertz CT molecular complexity index is 424. The molecule has 1 fully saturated rings. The third kappa shape index (κ3) is 2.07. The molecule has 17 heavy (non-hydrogen) atoms. The summed E-state index contributed by atoms with van der Waals surface area (Å²) in [7, 11) is 0. The number of hydrogen-bond acceptors (Lipinski definition) is 2. The summed E-state index contributed by atoms with van der Waals surface area (Å²) < 4.78 is 0. The monoisotopic (exact) mass is 233 g/mol. The van der Waals surface area contributed by atoms with Crippen molar-refractivity contribution < 1.29 is 9.90 Å². The second-order valence-electron chi connectivity index (χ2n) is 4.94. The van der Waals surface area contributed by atoms with Crippen LogP contribution in [0.15, 0.2) is 24.3 Å². The molecule has 1 aliphatic rings. The molecular weight excluding hydrogens is 214 g/mol. The average molecular weight is 233 g/mol. The molecular formula is C14H19NO2. The molecule has 1 aromatic rings. The summed E-state index contributed by atoms with van der Waals surface area (Å²) in [4.78, 5) is 13.8. The molecule has 1 N–H and O–H groups in total. The number of nitrogens with zero attached hydrogens (tertiary/aromatic N) is 1. The molecule has 1 atom stereocenters. The van der Waals surface area contributed by atoms with Gasteiger partial charge in [0.15, 0.2) is 0 Å². The van der Waals surface area contributed by atoms with Crippen molar-refractivity contribution in [3.05, 3.63) is 35.4 Å². The number of hydrogen-bond donors (Lipinski definition) is 1. The first-order chi connectivity index (χ1) is 8.05. The van der Waals surface area contributed by atoms with Crippen molar-refractivity contribution in [2.75, 3.05) is 13.1 Å². The van der Waals surface area contributed by atoms with E-state index in [1.807, 2.05) is 38.1 Å². The highest BCUT2D eigenvalue weighted by molar-refractivity contribution is 5.80. The fourth-order valence-electron chi connectivity index (χ4n) is 2.55. The number of benzene rings is 1. The van der Waals surface area contributed by atoms with E-state index in [4.69, 9.17) is 0 Å². The summed E-state index contributed by atoms with van der Waals surface area (Å²) in [5.74, 6) is -0.759. The molecule has 0 bridgehead atoms. The molecule has 1 aliphatic heterocycles. The quantitative estimate of drug-likeness (QED) is 0.871. The van der Waals surface area contributed by atoms with Gasteiger partial charge in [-0.15, -0.1) is 0 Å².